The van der Waals surface area contributed by atoms with Gasteiger partial charge in [0.1, 0.15) is 6.42 Å². The molecular formula is C14H15F3N2O2S. The molecule has 0 spiro atoms. The van der Waals surface area contributed by atoms with E-state index in [9.17, 15) is 22.8 Å². The van der Waals surface area contributed by atoms with Crippen molar-refractivity contribution < 1.29 is 22.8 Å². The van der Waals surface area contributed by atoms with Crippen LogP contribution in [0.25, 0.3) is 6.08 Å². The van der Waals surface area contributed by atoms with Crippen LogP contribution in [0.15, 0.2) is 22.9 Å². The SMILES string of the molecule is O=C(/C=C\c1ccsc1)N1CCN(C(=O)CC(F)(F)F)CC1. The van der Waals surface area contributed by atoms with Crippen molar-refractivity contribution in [2.24, 2.45) is 0 Å². The zero-order valence-electron chi connectivity index (χ0n) is 11.7. The Morgan fingerprint density at radius 2 is 1.82 bits per heavy atom. The van der Waals surface area contributed by atoms with Gasteiger partial charge in [0, 0.05) is 32.3 Å². The van der Waals surface area contributed by atoms with Crippen LogP contribution in [0.1, 0.15) is 12.0 Å². The molecular weight excluding hydrogens is 317 g/mol. The molecule has 1 aromatic rings. The Morgan fingerprint density at radius 3 is 2.36 bits per heavy atom. The number of halogens is 3. The zero-order chi connectivity index (χ0) is 16.2. The molecule has 0 saturated carbocycles. The molecule has 1 aromatic heterocycles. The Balaban J connectivity index is 1.81. The number of hydrogen-bond acceptors (Lipinski definition) is 3. The second-order valence-corrected chi connectivity index (χ2v) is 5.67. The fraction of sp³-hybridized carbons (Fsp3) is 0.429. The van der Waals surface area contributed by atoms with Gasteiger partial charge in [-0.15, -0.1) is 0 Å². The van der Waals surface area contributed by atoms with E-state index in [1.807, 2.05) is 16.8 Å². The normalized spacial score (nSPS) is 16.3. The molecule has 8 heteroatoms. The first kappa shape index (κ1) is 16.5. The molecule has 1 aliphatic rings. The fourth-order valence-corrected chi connectivity index (χ4v) is 2.73. The van der Waals surface area contributed by atoms with Gasteiger partial charge in [0.05, 0.1) is 0 Å². The molecule has 22 heavy (non-hydrogen) atoms. The number of amides is 2. The Bertz CT molecular complexity index is 547. The minimum Gasteiger partial charge on any atom is -0.339 e. The van der Waals surface area contributed by atoms with Crippen molar-refractivity contribution in [1.82, 2.24) is 9.80 Å². The fourth-order valence-electron chi connectivity index (χ4n) is 2.10. The monoisotopic (exact) mass is 332 g/mol. The molecule has 2 amide bonds. The van der Waals surface area contributed by atoms with Crippen LogP contribution in [-0.4, -0.2) is 54.0 Å². The number of thiophene rings is 1. The Hall–Kier alpha value is -1.83. The molecule has 1 fully saturated rings. The van der Waals surface area contributed by atoms with Gasteiger partial charge >= 0.3 is 6.18 Å². The first-order chi connectivity index (χ1) is 10.3. The van der Waals surface area contributed by atoms with Gasteiger partial charge in [0.25, 0.3) is 0 Å². The summed E-state index contributed by atoms with van der Waals surface area (Å²) in [7, 11) is 0. The molecule has 120 valence electrons. The lowest BCUT2D eigenvalue weighted by Crippen LogP contribution is -2.50. The maximum atomic E-state index is 12.2. The highest BCUT2D eigenvalue weighted by Gasteiger charge is 2.34. The predicted molar refractivity (Wildman–Crippen MR) is 77.2 cm³/mol. The molecule has 1 aliphatic heterocycles. The molecule has 4 nitrogen and oxygen atoms in total. The second-order valence-electron chi connectivity index (χ2n) is 4.89. The maximum Gasteiger partial charge on any atom is 0.397 e. The summed E-state index contributed by atoms with van der Waals surface area (Å²) in [6.07, 6.45) is -2.80. The van der Waals surface area contributed by atoms with Crippen molar-refractivity contribution in [2.75, 3.05) is 26.2 Å². The third-order valence-electron chi connectivity index (χ3n) is 3.26. The number of nitrogens with zero attached hydrogens (tertiary/aromatic N) is 2. The van der Waals surface area contributed by atoms with E-state index in [4.69, 9.17) is 0 Å². The summed E-state index contributed by atoms with van der Waals surface area (Å²) in [5, 5.41) is 3.80. The number of carbonyl (C=O) groups is 2. The van der Waals surface area contributed by atoms with E-state index in [0.717, 1.165) is 10.5 Å². The first-order valence-corrected chi connectivity index (χ1v) is 7.63. The lowest BCUT2D eigenvalue weighted by Gasteiger charge is -2.34. The van der Waals surface area contributed by atoms with Crippen molar-refractivity contribution in [1.29, 1.82) is 0 Å². The molecule has 0 atom stereocenters. The standard InChI is InChI=1S/C14H15F3N2O2S/c15-14(16,17)9-13(21)19-6-4-18(5-7-19)12(20)2-1-11-3-8-22-10-11/h1-3,8,10H,4-7,9H2/b2-1-. The van der Waals surface area contributed by atoms with E-state index < -0.39 is 18.5 Å². The molecule has 2 rings (SSSR count). The van der Waals surface area contributed by atoms with Gasteiger partial charge < -0.3 is 9.80 Å². The van der Waals surface area contributed by atoms with Gasteiger partial charge in [0.2, 0.25) is 11.8 Å². The first-order valence-electron chi connectivity index (χ1n) is 6.69. The minimum atomic E-state index is -4.49. The summed E-state index contributed by atoms with van der Waals surface area (Å²) in [6.45, 7) is 0.757. The summed E-state index contributed by atoms with van der Waals surface area (Å²) in [5.41, 5.74) is 0.928. The summed E-state index contributed by atoms with van der Waals surface area (Å²) in [4.78, 5) is 26.1. The van der Waals surface area contributed by atoms with Crippen LogP contribution in [0.5, 0.6) is 0 Å². The highest BCUT2D eigenvalue weighted by molar-refractivity contribution is 7.08. The van der Waals surface area contributed by atoms with Gasteiger partial charge in [-0.05, 0) is 28.5 Å². The van der Waals surface area contributed by atoms with Crippen molar-refractivity contribution in [3.63, 3.8) is 0 Å². The van der Waals surface area contributed by atoms with E-state index in [0.29, 0.717) is 0 Å². The quantitative estimate of drug-likeness (QED) is 0.798. The van der Waals surface area contributed by atoms with Gasteiger partial charge in [-0.1, -0.05) is 0 Å². The van der Waals surface area contributed by atoms with E-state index in [-0.39, 0.29) is 32.1 Å². The Kier molecular flexibility index (Phi) is 5.23. The molecule has 0 aliphatic carbocycles. The van der Waals surface area contributed by atoms with Crippen LogP contribution < -0.4 is 0 Å². The van der Waals surface area contributed by atoms with Crippen LogP contribution in [0, 0.1) is 0 Å². The topological polar surface area (TPSA) is 40.6 Å². The molecule has 0 bridgehead atoms. The summed E-state index contributed by atoms with van der Waals surface area (Å²) >= 11 is 1.52. The molecule has 0 aromatic carbocycles. The maximum absolute atomic E-state index is 12.2. The highest BCUT2D eigenvalue weighted by Crippen LogP contribution is 2.21. The third kappa shape index (κ3) is 4.87. The van der Waals surface area contributed by atoms with Crippen LogP contribution >= 0.6 is 11.3 Å². The Morgan fingerprint density at radius 1 is 1.18 bits per heavy atom. The van der Waals surface area contributed by atoms with E-state index in [2.05, 4.69) is 0 Å². The summed E-state index contributed by atoms with van der Waals surface area (Å²) in [6, 6.07) is 1.88. The Labute approximate surface area is 129 Å². The predicted octanol–water partition coefficient (Wildman–Crippen LogP) is 2.38. The van der Waals surface area contributed by atoms with Crippen molar-refractivity contribution in [3.8, 4) is 0 Å². The smallest absolute Gasteiger partial charge is 0.339 e. The van der Waals surface area contributed by atoms with E-state index in [1.54, 1.807) is 6.08 Å². The number of alkyl halides is 3. The number of carbonyl (C=O) groups excluding carboxylic acids is 2. The van der Waals surface area contributed by atoms with Gasteiger partial charge in [-0.3, -0.25) is 9.59 Å². The molecule has 2 heterocycles. The number of piperazine rings is 1. The lowest BCUT2D eigenvalue weighted by molar-refractivity contribution is -0.163. The average molecular weight is 332 g/mol. The van der Waals surface area contributed by atoms with E-state index in [1.165, 1.54) is 22.3 Å². The molecule has 1 saturated heterocycles. The molecule has 0 unspecified atom stereocenters. The van der Waals surface area contributed by atoms with Gasteiger partial charge in [-0.25, -0.2) is 0 Å². The number of rotatable bonds is 3. The van der Waals surface area contributed by atoms with Crippen LogP contribution in [0.4, 0.5) is 13.2 Å². The largest absolute Gasteiger partial charge is 0.397 e. The average Bonchev–Trinajstić information content (AvgIpc) is 2.96. The van der Waals surface area contributed by atoms with Crippen LogP contribution in [-0.2, 0) is 9.59 Å². The lowest BCUT2D eigenvalue weighted by atomic mass is 10.2. The van der Waals surface area contributed by atoms with Crippen LogP contribution in [0.2, 0.25) is 0 Å². The van der Waals surface area contributed by atoms with E-state index >= 15 is 0 Å². The molecule has 0 N–H and O–H groups in total. The zero-order valence-corrected chi connectivity index (χ0v) is 12.5. The summed E-state index contributed by atoms with van der Waals surface area (Å²) in [5.74, 6) is -1.14. The second kappa shape index (κ2) is 6.95. The van der Waals surface area contributed by atoms with Crippen molar-refractivity contribution >= 4 is 29.2 Å². The van der Waals surface area contributed by atoms with Gasteiger partial charge in [-0.2, -0.15) is 24.5 Å². The third-order valence-corrected chi connectivity index (χ3v) is 3.96. The minimum absolute atomic E-state index is 0.132. The van der Waals surface area contributed by atoms with Crippen molar-refractivity contribution in [3.05, 3.63) is 28.5 Å². The van der Waals surface area contributed by atoms with Crippen molar-refractivity contribution in [2.45, 2.75) is 12.6 Å². The summed E-state index contributed by atoms with van der Waals surface area (Å²) < 4.78 is 36.5. The van der Waals surface area contributed by atoms with Gasteiger partial charge in [0.15, 0.2) is 0 Å². The molecule has 0 radical (unpaired) electrons. The number of hydrogen-bond donors (Lipinski definition) is 0. The van der Waals surface area contributed by atoms with Crippen LogP contribution in [0.3, 0.4) is 0 Å². The highest BCUT2D eigenvalue weighted by atomic mass is 32.1.